The van der Waals surface area contributed by atoms with Crippen LogP contribution in [0.4, 0.5) is 26.3 Å². The van der Waals surface area contributed by atoms with Crippen LogP contribution in [0.5, 0.6) is 11.5 Å². The van der Waals surface area contributed by atoms with E-state index in [1.165, 1.54) is 24.3 Å². The smallest absolute Gasteiger partial charge is 0.426 e. The summed E-state index contributed by atoms with van der Waals surface area (Å²) in [5.74, 6) is -4.54. The highest BCUT2D eigenvalue weighted by atomic mass is 19.3. The first-order valence-corrected chi connectivity index (χ1v) is 7.99. The predicted molar refractivity (Wildman–Crippen MR) is 87.1 cm³/mol. The highest BCUT2D eigenvalue weighted by Crippen LogP contribution is 2.35. The van der Waals surface area contributed by atoms with Crippen LogP contribution in [0.15, 0.2) is 48.7 Å². The molecule has 2 rings (SSSR count). The van der Waals surface area contributed by atoms with E-state index in [4.69, 9.17) is 0 Å². The van der Waals surface area contributed by atoms with Crippen molar-refractivity contribution in [3.05, 3.63) is 71.5 Å². The van der Waals surface area contributed by atoms with Crippen LogP contribution in [0, 0.1) is 11.6 Å². The maximum absolute atomic E-state index is 14.2. The van der Waals surface area contributed by atoms with Crippen molar-refractivity contribution in [2.24, 2.45) is 0 Å². The van der Waals surface area contributed by atoms with Crippen LogP contribution in [0.1, 0.15) is 24.5 Å². The van der Waals surface area contributed by atoms with Gasteiger partial charge >= 0.3 is 6.11 Å². The SMILES string of the molecule is CCCc1ccc(C(F)(F)Oc2cc(F)c(OC=CC(F)F)c(F)c2)cc1. The molecule has 0 spiro atoms. The van der Waals surface area contributed by atoms with E-state index < -0.39 is 41.2 Å². The monoisotopic (exact) mass is 390 g/mol. The zero-order chi connectivity index (χ0) is 20.0. The van der Waals surface area contributed by atoms with Gasteiger partial charge in [-0.15, -0.1) is 0 Å². The molecule has 146 valence electrons. The maximum Gasteiger partial charge on any atom is 0.426 e. The molecule has 0 unspecified atom stereocenters. The van der Waals surface area contributed by atoms with Crippen molar-refractivity contribution in [3.8, 4) is 11.5 Å². The van der Waals surface area contributed by atoms with Crippen molar-refractivity contribution in [1.82, 2.24) is 0 Å². The highest BCUT2D eigenvalue weighted by Gasteiger charge is 2.35. The van der Waals surface area contributed by atoms with Gasteiger partial charge in [-0.3, -0.25) is 0 Å². The highest BCUT2D eigenvalue weighted by molar-refractivity contribution is 5.36. The summed E-state index contributed by atoms with van der Waals surface area (Å²) in [6.45, 7) is 1.95. The molecule has 0 fully saturated rings. The molecule has 0 aliphatic heterocycles. The Labute approximate surface area is 152 Å². The van der Waals surface area contributed by atoms with Gasteiger partial charge < -0.3 is 9.47 Å². The predicted octanol–water partition coefficient (Wildman–Crippen LogP) is 6.20. The molecule has 0 aliphatic rings. The van der Waals surface area contributed by atoms with Gasteiger partial charge in [-0.25, -0.2) is 17.6 Å². The summed E-state index contributed by atoms with van der Waals surface area (Å²) in [6, 6.07) is 6.34. The fraction of sp³-hybridized carbons (Fsp3) is 0.263. The normalized spacial score (nSPS) is 12.0. The largest absolute Gasteiger partial charge is 0.459 e. The second-order valence-corrected chi connectivity index (χ2v) is 5.56. The minimum atomic E-state index is -3.83. The Morgan fingerprint density at radius 2 is 1.63 bits per heavy atom. The van der Waals surface area contributed by atoms with Crippen LogP contribution < -0.4 is 9.47 Å². The zero-order valence-electron chi connectivity index (χ0n) is 14.2. The molecule has 0 heterocycles. The third kappa shape index (κ3) is 5.67. The Hall–Kier alpha value is -2.64. The molecule has 0 N–H and O–H groups in total. The number of aryl methyl sites for hydroxylation is 1. The minimum absolute atomic E-state index is 0.264. The number of halogens is 6. The van der Waals surface area contributed by atoms with Crippen LogP contribution >= 0.6 is 0 Å². The first-order valence-electron chi connectivity index (χ1n) is 7.99. The summed E-state index contributed by atoms with van der Waals surface area (Å²) in [7, 11) is 0. The van der Waals surface area contributed by atoms with Crippen LogP contribution in [0.25, 0.3) is 0 Å². The van der Waals surface area contributed by atoms with Crippen LogP contribution in [-0.2, 0) is 12.5 Å². The van der Waals surface area contributed by atoms with Gasteiger partial charge in [-0.1, -0.05) is 25.5 Å². The average molecular weight is 390 g/mol. The van der Waals surface area contributed by atoms with Crippen molar-refractivity contribution in [2.45, 2.75) is 32.3 Å². The fourth-order valence-electron chi connectivity index (χ4n) is 2.24. The number of ether oxygens (including phenoxy) is 2. The Morgan fingerprint density at radius 3 is 2.15 bits per heavy atom. The molecule has 0 saturated carbocycles. The van der Waals surface area contributed by atoms with Gasteiger partial charge in [-0.05, 0) is 24.1 Å². The van der Waals surface area contributed by atoms with Crippen molar-refractivity contribution in [1.29, 1.82) is 0 Å². The Kier molecular flexibility index (Phi) is 6.76. The van der Waals surface area contributed by atoms with E-state index in [0.717, 1.165) is 18.4 Å². The first-order chi connectivity index (χ1) is 12.7. The minimum Gasteiger partial charge on any atom is -0.459 e. The van der Waals surface area contributed by atoms with Gasteiger partial charge in [-0.2, -0.15) is 8.78 Å². The fourth-order valence-corrected chi connectivity index (χ4v) is 2.24. The van der Waals surface area contributed by atoms with E-state index in [9.17, 15) is 26.3 Å². The Bertz CT molecular complexity index is 764. The van der Waals surface area contributed by atoms with E-state index in [1.54, 1.807) is 0 Å². The standard InChI is InChI=1S/C19H16F6O2/c1-2-3-12-4-6-13(7-5-12)19(24,25)27-14-10-15(20)18(16(21)11-14)26-9-8-17(22)23/h4-11,17H,2-3H2,1H3. The van der Waals surface area contributed by atoms with Crippen LogP contribution in [0.3, 0.4) is 0 Å². The molecule has 0 aliphatic carbocycles. The van der Waals surface area contributed by atoms with Gasteiger partial charge in [0.25, 0.3) is 6.43 Å². The van der Waals surface area contributed by atoms with E-state index >= 15 is 0 Å². The van der Waals surface area contributed by atoms with Gasteiger partial charge in [0.05, 0.1) is 11.8 Å². The molecule has 8 heteroatoms. The van der Waals surface area contributed by atoms with E-state index in [2.05, 4.69) is 9.47 Å². The molecular weight excluding hydrogens is 374 g/mol. The second kappa shape index (κ2) is 8.83. The summed E-state index contributed by atoms with van der Waals surface area (Å²) in [4.78, 5) is 0. The molecule has 0 aromatic heterocycles. The third-order valence-corrected chi connectivity index (χ3v) is 3.46. The van der Waals surface area contributed by atoms with Crippen LogP contribution in [-0.4, -0.2) is 6.43 Å². The van der Waals surface area contributed by atoms with Crippen molar-refractivity contribution in [3.63, 3.8) is 0 Å². The molecule has 0 amide bonds. The molecular formula is C19H16F6O2. The quantitative estimate of drug-likeness (QED) is 0.395. The topological polar surface area (TPSA) is 18.5 Å². The Morgan fingerprint density at radius 1 is 1.04 bits per heavy atom. The zero-order valence-corrected chi connectivity index (χ0v) is 14.2. The summed E-state index contributed by atoms with van der Waals surface area (Å²) < 4.78 is 88.9. The van der Waals surface area contributed by atoms with Gasteiger partial charge in [0, 0.05) is 18.2 Å². The van der Waals surface area contributed by atoms with Gasteiger partial charge in [0.15, 0.2) is 17.4 Å². The third-order valence-electron chi connectivity index (χ3n) is 3.46. The summed E-state index contributed by atoms with van der Waals surface area (Å²) in [5.41, 5.74) is 0.385. The average Bonchev–Trinajstić information content (AvgIpc) is 2.57. The summed E-state index contributed by atoms with van der Waals surface area (Å²) >= 11 is 0. The number of hydrogen-bond acceptors (Lipinski definition) is 2. The molecule has 0 bridgehead atoms. The lowest BCUT2D eigenvalue weighted by atomic mass is 10.1. The lowest BCUT2D eigenvalue weighted by Gasteiger charge is -2.19. The van der Waals surface area contributed by atoms with Gasteiger partial charge in [0.2, 0.25) is 0 Å². The number of rotatable bonds is 8. The summed E-state index contributed by atoms with van der Waals surface area (Å²) in [5, 5.41) is 0. The molecule has 0 saturated heterocycles. The van der Waals surface area contributed by atoms with E-state index in [0.29, 0.717) is 18.4 Å². The number of allylic oxidation sites excluding steroid dienone is 1. The lowest BCUT2D eigenvalue weighted by molar-refractivity contribution is -0.185. The van der Waals surface area contributed by atoms with Crippen molar-refractivity contribution >= 4 is 0 Å². The molecule has 2 aromatic rings. The lowest BCUT2D eigenvalue weighted by Crippen LogP contribution is -2.22. The molecule has 2 nitrogen and oxygen atoms in total. The molecule has 0 atom stereocenters. The molecule has 27 heavy (non-hydrogen) atoms. The van der Waals surface area contributed by atoms with Crippen molar-refractivity contribution < 1.29 is 35.8 Å². The number of benzene rings is 2. The Balaban J connectivity index is 2.18. The molecule has 0 radical (unpaired) electrons. The van der Waals surface area contributed by atoms with Crippen LogP contribution in [0.2, 0.25) is 0 Å². The number of hydrogen-bond donors (Lipinski definition) is 0. The first kappa shape index (κ1) is 20.7. The summed E-state index contributed by atoms with van der Waals surface area (Å²) in [6.07, 6.45) is -4.46. The number of alkyl halides is 4. The molecule has 2 aromatic carbocycles. The maximum atomic E-state index is 14.2. The van der Waals surface area contributed by atoms with E-state index in [1.807, 2.05) is 6.92 Å². The van der Waals surface area contributed by atoms with E-state index in [-0.39, 0.29) is 6.08 Å². The van der Waals surface area contributed by atoms with Crippen molar-refractivity contribution in [2.75, 3.05) is 0 Å². The second-order valence-electron chi connectivity index (χ2n) is 5.56. The van der Waals surface area contributed by atoms with Gasteiger partial charge in [0.1, 0.15) is 5.75 Å².